The summed E-state index contributed by atoms with van der Waals surface area (Å²) in [7, 11) is 1.85. The van der Waals surface area contributed by atoms with Crippen LogP contribution < -0.4 is 5.32 Å². The van der Waals surface area contributed by atoms with E-state index in [9.17, 15) is 8.78 Å². The first-order chi connectivity index (χ1) is 8.61. The second-order valence-corrected chi connectivity index (χ2v) is 4.31. The molecule has 0 aliphatic rings. The van der Waals surface area contributed by atoms with Crippen LogP contribution >= 0.6 is 0 Å². The lowest BCUT2D eigenvalue weighted by molar-refractivity contribution is 0.595. The Morgan fingerprint density at radius 1 is 1.06 bits per heavy atom. The molecule has 0 heterocycles. The van der Waals surface area contributed by atoms with Gasteiger partial charge in [0.25, 0.3) is 0 Å². The van der Waals surface area contributed by atoms with Crippen LogP contribution in [0.1, 0.15) is 11.1 Å². The summed E-state index contributed by atoms with van der Waals surface area (Å²) in [5, 5.41) is 3.03. The first-order valence-electron chi connectivity index (χ1n) is 5.81. The van der Waals surface area contributed by atoms with Gasteiger partial charge in [-0.15, -0.1) is 0 Å². The largest absolute Gasteiger partial charge is 0.316 e. The number of hydrogen-bond donors (Lipinski definition) is 1. The van der Waals surface area contributed by atoms with Crippen molar-refractivity contribution in [2.75, 3.05) is 7.05 Å². The van der Waals surface area contributed by atoms with E-state index < -0.39 is 5.82 Å². The van der Waals surface area contributed by atoms with E-state index >= 15 is 0 Å². The van der Waals surface area contributed by atoms with Crippen LogP contribution in [-0.4, -0.2) is 7.05 Å². The van der Waals surface area contributed by atoms with Crippen molar-refractivity contribution in [3.63, 3.8) is 0 Å². The number of benzene rings is 2. The Morgan fingerprint density at radius 3 is 2.56 bits per heavy atom. The summed E-state index contributed by atoms with van der Waals surface area (Å²) in [6.07, 6.45) is 0. The maximum absolute atomic E-state index is 13.9. The van der Waals surface area contributed by atoms with Crippen LogP contribution in [-0.2, 0) is 6.54 Å². The Labute approximate surface area is 105 Å². The number of nitrogens with one attached hydrogen (secondary N) is 1. The minimum Gasteiger partial charge on any atom is -0.316 e. The highest BCUT2D eigenvalue weighted by molar-refractivity contribution is 5.65. The molecule has 1 nitrogen and oxygen atoms in total. The molecular formula is C15H15F2N. The summed E-state index contributed by atoms with van der Waals surface area (Å²) in [6.45, 7) is 2.25. The normalized spacial score (nSPS) is 10.7. The van der Waals surface area contributed by atoms with E-state index in [0.29, 0.717) is 23.2 Å². The molecule has 18 heavy (non-hydrogen) atoms. The van der Waals surface area contributed by atoms with Gasteiger partial charge in [-0.05, 0) is 48.9 Å². The molecular weight excluding hydrogens is 232 g/mol. The molecule has 3 heteroatoms. The maximum atomic E-state index is 13.9. The average Bonchev–Trinajstić information content (AvgIpc) is 2.34. The lowest BCUT2D eigenvalue weighted by Crippen LogP contribution is -2.04. The van der Waals surface area contributed by atoms with Crippen LogP contribution in [0.4, 0.5) is 8.78 Å². The second kappa shape index (κ2) is 5.27. The summed E-state index contributed by atoms with van der Waals surface area (Å²) in [6, 6.07) is 9.93. The molecule has 0 saturated carbocycles. The molecule has 0 spiro atoms. The molecule has 0 atom stereocenters. The van der Waals surface area contributed by atoms with Gasteiger partial charge in [0.2, 0.25) is 0 Å². The monoisotopic (exact) mass is 247 g/mol. The zero-order chi connectivity index (χ0) is 13.1. The van der Waals surface area contributed by atoms with Crippen LogP contribution in [0.2, 0.25) is 0 Å². The summed E-state index contributed by atoms with van der Waals surface area (Å²) in [5.41, 5.74) is 2.35. The van der Waals surface area contributed by atoms with Gasteiger partial charge in [-0.1, -0.05) is 18.2 Å². The molecule has 0 aromatic heterocycles. The van der Waals surface area contributed by atoms with Gasteiger partial charge >= 0.3 is 0 Å². The fourth-order valence-electron chi connectivity index (χ4n) is 1.92. The van der Waals surface area contributed by atoms with Crippen molar-refractivity contribution < 1.29 is 8.78 Å². The third-order valence-electron chi connectivity index (χ3n) is 2.87. The maximum Gasteiger partial charge on any atom is 0.131 e. The van der Waals surface area contributed by atoms with Crippen molar-refractivity contribution in [2.45, 2.75) is 13.5 Å². The molecule has 0 bridgehead atoms. The summed E-state index contributed by atoms with van der Waals surface area (Å²) < 4.78 is 27.4. The van der Waals surface area contributed by atoms with Crippen LogP contribution in [0.5, 0.6) is 0 Å². The van der Waals surface area contributed by atoms with Gasteiger partial charge < -0.3 is 5.32 Å². The molecule has 2 aromatic carbocycles. The van der Waals surface area contributed by atoms with E-state index in [2.05, 4.69) is 5.32 Å². The van der Waals surface area contributed by atoms with Crippen molar-refractivity contribution in [1.82, 2.24) is 5.32 Å². The number of rotatable bonds is 3. The fourth-order valence-corrected chi connectivity index (χ4v) is 1.92. The Kier molecular flexibility index (Phi) is 3.72. The van der Waals surface area contributed by atoms with E-state index in [1.807, 2.05) is 25.2 Å². The van der Waals surface area contributed by atoms with Crippen molar-refractivity contribution in [3.8, 4) is 11.1 Å². The van der Waals surface area contributed by atoms with Crippen LogP contribution in [0.15, 0.2) is 36.4 Å². The molecule has 94 valence electrons. The first kappa shape index (κ1) is 12.7. The van der Waals surface area contributed by atoms with Gasteiger partial charge in [0.15, 0.2) is 0 Å². The quantitative estimate of drug-likeness (QED) is 0.872. The highest BCUT2D eigenvalue weighted by Gasteiger charge is 2.09. The molecule has 0 amide bonds. The summed E-state index contributed by atoms with van der Waals surface area (Å²) in [4.78, 5) is 0. The first-order valence-corrected chi connectivity index (χ1v) is 5.81. The predicted molar refractivity (Wildman–Crippen MR) is 69.3 cm³/mol. The van der Waals surface area contributed by atoms with Crippen molar-refractivity contribution in [3.05, 3.63) is 59.2 Å². The van der Waals surface area contributed by atoms with E-state index in [1.54, 1.807) is 13.0 Å². The lowest BCUT2D eigenvalue weighted by atomic mass is 10.0. The molecule has 0 aliphatic carbocycles. The third-order valence-corrected chi connectivity index (χ3v) is 2.87. The zero-order valence-electron chi connectivity index (χ0n) is 10.4. The Bertz CT molecular complexity index is 564. The van der Waals surface area contributed by atoms with Crippen molar-refractivity contribution >= 4 is 0 Å². The summed E-state index contributed by atoms with van der Waals surface area (Å²) >= 11 is 0. The van der Waals surface area contributed by atoms with E-state index in [-0.39, 0.29) is 5.82 Å². The third kappa shape index (κ3) is 2.57. The smallest absolute Gasteiger partial charge is 0.131 e. The Morgan fingerprint density at radius 2 is 1.83 bits per heavy atom. The highest BCUT2D eigenvalue weighted by atomic mass is 19.1. The Hall–Kier alpha value is -1.74. The van der Waals surface area contributed by atoms with Gasteiger partial charge in [0, 0.05) is 12.1 Å². The highest BCUT2D eigenvalue weighted by Crippen LogP contribution is 2.26. The van der Waals surface area contributed by atoms with Gasteiger partial charge in [-0.25, -0.2) is 8.78 Å². The molecule has 0 fully saturated rings. The SMILES string of the molecule is CNCc1cccc(-c2cc(F)c(C)cc2F)c1. The second-order valence-electron chi connectivity index (χ2n) is 4.31. The van der Waals surface area contributed by atoms with E-state index in [1.165, 1.54) is 12.1 Å². The summed E-state index contributed by atoms with van der Waals surface area (Å²) in [5.74, 6) is -0.777. The molecule has 0 unspecified atom stereocenters. The number of hydrogen-bond acceptors (Lipinski definition) is 1. The van der Waals surface area contributed by atoms with Crippen molar-refractivity contribution in [1.29, 1.82) is 0 Å². The van der Waals surface area contributed by atoms with Gasteiger partial charge in [0.05, 0.1) is 0 Å². The van der Waals surface area contributed by atoms with Gasteiger partial charge in [-0.3, -0.25) is 0 Å². The van der Waals surface area contributed by atoms with Crippen LogP contribution in [0, 0.1) is 18.6 Å². The number of aryl methyl sites for hydroxylation is 1. The average molecular weight is 247 g/mol. The van der Waals surface area contributed by atoms with Crippen LogP contribution in [0.25, 0.3) is 11.1 Å². The van der Waals surface area contributed by atoms with E-state index in [0.717, 1.165) is 5.56 Å². The molecule has 2 aromatic rings. The topological polar surface area (TPSA) is 12.0 Å². The molecule has 0 aliphatic heterocycles. The van der Waals surface area contributed by atoms with Crippen LogP contribution in [0.3, 0.4) is 0 Å². The van der Waals surface area contributed by atoms with E-state index in [4.69, 9.17) is 0 Å². The van der Waals surface area contributed by atoms with Crippen molar-refractivity contribution in [2.24, 2.45) is 0 Å². The minimum atomic E-state index is -0.393. The minimum absolute atomic E-state index is 0.302. The molecule has 0 saturated heterocycles. The lowest BCUT2D eigenvalue weighted by Gasteiger charge is -2.08. The molecule has 2 rings (SSSR count). The van der Waals surface area contributed by atoms with Gasteiger partial charge in [0.1, 0.15) is 11.6 Å². The molecule has 1 N–H and O–H groups in total. The fraction of sp³-hybridized carbons (Fsp3) is 0.200. The predicted octanol–water partition coefficient (Wildman–Crippen LogP) is 3.66. The zero-order valence-corrected chi connectivity index (χ0v) is 10.4. The van der Waals surface area contributed by atoms with Gasteiger partial charge in [-0.2, -0.15) is 0 Å². The Balaban J connectivity index is 2.48. The standard InChI is InChI=1S/C15H15F2N/c1-10-6-15(17)13(8-14(10)16)12-5-3-4-11(7-12)9-18-2/h3-8,18H,9H2,1-2H3. The number of halogens is 2. The molecule has 0 radical (unpaired) electrons.